The number of hydrogen-bond donors (Lipinski definition) is 0. The minimum atomic E-state index is 0.234. The summed E-state index contributed by atoms with van der Waals surface area (Å²) in [5.74, 6) is 0. The Morgan fingerprint density at radius 1 is 1.45 bits per heavy atom. The SMILES string of the molecule is CCC[14CH2]C(CCC)N=C=O. The van der Waals surface area contributed by atoms with Crippen molar-refractivity contribution in [1.29, 1.82) is 0 Å². The molecule has 0 heterocycles. The van der Waals surface area contributed by atoms with E-state index >= 15 is 0 Å². The van der Waals surface area contributed by atoms with Crippen molar-refractivity contribution >= 4 is 6.08 Å². The Bertz CT molecular complexity index is 128. The molecule has 0 fully saturated rings. The number of carbonyl (C=O) groups excluding carboxylic acids is 1. The molecule has 0 N–H and O–H groups in total. The summed E-state index contributed by atoms with van der Waals surface area (Å²) in [6.45, 7) is 4.26. The highest BCUT2D eigenvalue weighted by Gasteiger charge is 2.03. The van der Waals surface area contributed by atoms with Crippen LogP contribution in [-0.2, 0) is 4.79 Å². The van der Waals surface area contributed by atoms with Gasteiger partial charge in [-0.3, -0.25) is 0 Å². The average molecular weight is 157 g/mol. The Labute approximate surface area is 68.7 Å². The molecule has 1 atom stereocenters. The second kappa shape index (κ2) is 7.49. The van der Waals surface area contributed by atoms with Gasteiger partial charge < -0.3 is 0 Å². The van der Waals surface area contributed by atoms with Crippen molar-refractivity contribution in [3.05, 3.63) is 0 Å². The van der Waals surface area contributed by atoms with Gasteiger partial charge in [0.05, 0.1) is 6.04 Å². The van der Waals surface area contributed by atoms with Gasteiger partial charge in [0.15, 0.2) is 0 Å². The molecule has 0 rings (SSSR count). The lowest BCUT2D eigenvalue weighted by atomic mass is 10.3. The van der Waals surface area contributed by atoms with Gasteiger partial charge in [-0.05, 0) is 12.8 Å². The molecule has 0 spiro atoms. The third-order valence-electron chi connectivity index (χ3n) is 1.75. The number of aliphatic imine (C=N–C) groups is 1. The molecule has 0 aromatic heterocycles. The number of unbranched alkanes of at least 4 members (excludes halogenated alkanes) is 1. The van der Waals surface area contributed by atoms with E-state index in [0.717, 1.165) is 25.7 Å². The molecule has 0 aromatic carbocycles. The van der Waals surface area contributed by atoms with Gasteiger partial charge in [-0.25, -0.2) is 9.79 Å². The summed E-state index contributed by atoms with van der Waals surface area (Å²) in [6, 6.07) is 0.234. The second-order valence-electron chi connectivity index (χ2n) is 2.81. The topological polar surface area (TPSA) is 29.4 Å². The molecule has 0 saturated carbocycles. The Morgan fingerprint density at radius 3 is 2.64 bits per heavy atom. The van der Waals surface area contributed by atoms with Crippen LogP contribution in [0.4, 0.5) is 0 Å². The third-order valence-corrected chi connectivity index (χ3v) is 1.75. The molecule has 1 unspecified atom stereocenters. The molecular weight excluding hydrogens is 140 g/mol. The number of rotatable bonds is 6. The molecule has 0 aliphatic rings. The fraction of sp³-hybridized carbons (Fsp3) is 0.889. The number of nitrogens with zero attached hydrogens (tertiary/aromatic N) is 1. The van der Waals surface area contributed by atoms with Crippen LogP contribution in [0.15, 0.2) is 4.99 Å². The highest BCUT2D eigenvalue weighted by Crippen LogP contribution is 2.09. The van der Waals surface area contributed by atoms with Crippen LogP contribution in [0.5, 0.6) is 0 Å². The van der Waals surface area contributed by atoms with Crippen LogP contribution < -0.4 is 0 Å². The van der Waals surface area contributed by atoms with E-state index in [1.807, 2.05) is 0 Å². The summed E-state index contributed by atoms with van der Waals surface area (Å²) in [4.78, 5) is 13.7. The van der Waals surface area contributed by atoms with E-state index in [0.29, 0.717) is 0 Å². The maximum atomic E-state index is 9.96. The molecular formula is C9H17NO. The molecule has 11 heavy (non-hydrogen) atoms. The van der Waals surface area contributed by atoms with Crippen molar-refractivity contribution in [2.45, 2.75) is 52.0 Å². The lowest BCUT2D eigenvalue weighted by molar-refractivity contribution is 0.519. The highest BCUT2D eigenvalue weighted by molar-refractivity contribution is 5.33. The van der Waals surface area contributed by atoms with Gasteiger partial charge >= 0.3 is 0 Å². The summed E-state index contributed by atoms with van der Waals surface area (Å²) < 4.78 is 0. The van der Waals surface area contributed by atoms with E-state index in [-0.39, 0.29) is 6.04 Å². The Hall–Kier alpha value is -0.620. The Kier molecular flexibility index (Phi) is 7.06. The lowest BCUT2D eigenvalue weighted by Gasteiger charge is -2.06. The molecule has 0 saturated heterocycles. The van der Waals surface area contributed by atoms with Crippen LogP contribution in [0.3, 0.4) is 0 Å². The largest absolute Gasteiger partial charge is 0.235 e. The summed E-state index contributed by atoms with van der Waals surface area (Å²) in [6.07, 6.45) is 7.14. The molecule has 0 amide bonds. The Balaban J connectivity index is 3.59. The molecule has 2 nitrogen and oxygen atoms in total. The van der Waals surface area contributed by atoms with Gasteiger partial charge in [-0.15, -0.1) is 0 Å². The molecule has 64 valence electrons. The monoisotopic (exact) mass is 157 g/mol. The van der Waals surface area contributed by atoms with Gasteiger partial charge in [-0.1, -0.05) is 33.1 Å². The van der Waals surface area contributed by atoms with Crippen molar-refractivity contribution < 1.29 is 4.79 Å². The average Bonchev–Trinajstić information content (AvgIpc) is 2.01. The zero-order valence-electron chi connectivity index (χ0n) is 7.47. The third kappa shape index (κ3) is 5.81. The van der Waals surface area contributed by atoms with Crippen molar-refractivity contribution in [2.75, 3.05) is 0 Å². The molecule has 0 aromatic rings. The van der Waals surface area contributed by atoms with Crippen molar-refractivity contribution in [3.63, 3.8) is 0 Å². The minimum absolute atomic E-state index is 0.234. The molecule has 2 heteroatoms. The first kappa shape index (κ1) is 10.4. The number of hydrogen-bond acceptors (Lipinski definition) is 2. The fourth-order valence-electron chi connectivity index (χ4n) is 1.12. The van der Waals surface area contributed by atoms with E-state index in [1.165, 1.54) is 6.42 Å². The maximum Gasteiger partial charge on any atom is 0.235 e. The first-order valence-electron chi connectivity index (χ1n) is 4.42. The van der Waals surface area contributed by atoms with Crippen LogP contribution >= 0.6 is 0 Å². The molecule has 0 aliphatic heterocycles. The molecule has 0 radical (unpaired) electrons. The van der Waals surface area contributed by atoms with Crippen LogP contribution in [0.1, 0.15) is 46.0 Å². The summed E-state index contributed by atoms with van der Waals surface area (Å²) in [5.41, 5.74) is 0. The van der Waals surface area contributed by atoms with Crippen LogP contribution in [0.2, 0.25) is 0 Å². The van der Waals surface area contributed by atoms with Gasteiger partial charge in [0, 0.05) is 0 Å². The highest BCUT2D eigenvalue weighted by atomic mass is 16.1. The zero-order chi connectivity index (χ0) is 8.53. The van der Waals surface area contributed by atoms with Crippen LogP contribution in [0, 0.1) is 0 Å². The predicted octanol–water partition coefficient (Wildman–Crippen LogP) is 2.68. The zero-order valence-corrected chi connectivity index (χ0v) is 7.47. The van der Waals surface area contributed by atoms with E-state index < -0.39 is 0 Å². The van der Waals surface area contributed by atoms with Gasteiger partial charge in [0.1, 0.15) is 0 Å². The van der Waals surface area contributed by atoms with E-state index in [1.54, 1.807) is 6.08 Å². The van der Waals surface area contributed by atoms with Gasteiger partial charge in [0.2, 0.25) is 6.08 Å². The van der Waals surface area contributed by atoms with Gasteiger partial charge in [0.25, 0.3) is 0 Å². The van der Waals surface area contributed by atoms with Crippen molar-refractivity contribution in [3.8, 4) is 0 Å². The summed E-state index contributed by atoms with van der Waals surface area (Å²) in [5, 5.41) is 0. The first-order chi connectivity index (χ1) is 5.35. The second-order valence-corrected chi connectivity index (χ2v) is 2.81. The molecule has 0 aliphatic carbocycles. The first-order valence-corrected chi connectivity index (χ1v) is 4.42. The van der Waals surface area contributed by atoms with E-state index in [2.05, 4.69) is 18.8 Å². The normalized spacial score (nSPS) is 12.2. The van der Waals surface area contributed by atoms with Crippen LogP contribution in [-0.4, -0.2) is 12.1 Å². The maximum absolute atomic E-state index is 9.96. The van der Waals surface area contributed by atoms with Gasteiger partial charge in [-0.2, -0.15) is 0 Å². The smallest absolute Gasteiger partial charge is 0.211 e. The predicted molar refractivity (Wildman–Crippen MR) is 46.3 cm³/mol. The fourth-order valence-corrected chi connectivity index (χ4v) is 1.12. The van der Waals surface area contributed by atoms with E-state index in [9.17, 15) is 4.79 Å². The lowest BCUT2D eigenvalue weighted by Crippen LogP contribution is -2.02. The van der Waals surface area contributed by atoms with Crippen LogP contribution in [0.25, 0.3) is 0 Å². The van der Waals surface area contributed by atoms with Crippen molar-refractivity contribution in [1.82, 2.24) is 0 Å². The summed E-state index contributed by atoms with van der Waals surface area (Å²) in [7, 11) is 0. The van der Waals surface area contributed by atoms with E-state index in [4.69, 9.17) is 0 Å². The summed E-state index contributed by atoms with van der Waals surface area (Å²) >= 11 is 0. The number of isocyanates is 1. The van der Waals surface area contributed by atoms with Crippen molar-refractivity contribution in [2.24, 2.45) is 4.99 Å². The quantitative estimate of drug-likeness (QED) is 0.430. The molecule has 0 bridgehead atoms. The Morgan fingerprint density at radius 2 is 2.18 bits per heavy atom. The minimum Gasteiger partial charge on any atom is -0.211 e. The standard InChI is InChI=1S/C9H17NO/c1-3-5-7-9(6-4-2)10-8-11/h9H,3-7H2,1-2H3/i7+2.